The van der Waals surface area contributed by atoms with E-state index in [0.29, 0.717) is 6.61 Å². The number of hydrogen-bond acceptors (Lipinski definition) is 2. The second-order valence-electron chi connectivity index (χ2n) is 5.82. The summed E-state index contributed by atoms with van der Waals surface area (Å²) in [6, 6.07) is 0. The summed E-state index contributed by atoms with van der Waals surface area (Å²) in [5, 5.41) is 0.270. The number of rotatable bonds is 3. The zero-order valence-electron chi connectivity index (χ0n) is 10.5. The Labute approximate surface area is 99.4 Å². The maximum Gasteiger partial charge on any atom is 0.192 e. The summed E-state index contributed by atoms with van der Waals surface area (Å²) in [6.07, 6.45) is 2.19. The van der Waals surface area contributed by atoms with Crippen molar-refractivity contribution in [3.8, 4) is 0 Å². The molecule has 1 heterocycles. The molecule has 1 aliphatic rings. The zero-order valence-corrected chi connectivity index (χ0v) is 12.2. The fourth-order valence-corrected chi connectivity index (χ4v) is 2.61. The number of ether oxygens (including phenoxy) is 1. The molecular weight excluding hydrogens is 228 g/mol. The second kappa shape index (κ2) is 4.74. The van der Waals surface area contributed by atoms with Crippen molar-refractivity contribution >= 4 is 19.9 Å². The van der Waals surface area contributed by atoms with Crippen LogP contribution in [0.25, 0.3) is 0 Å². The van der Waals surface area contributed by atoms with Crippen molar-refractivity contribution in [2.45, 2.75) is 63.4 Å². The van der Waals surface area contributed by atoms with Crippen molar-refractivity contribution in [1.29, 1.82) is 0 Å². The minimum Gasteiger partial charge on any atom is -0.414 e. The highest BCUT2D eigenvalue weighted by Crippen LogP contribution is 2.37. The van der Waals surface area contributed by atoms with Crippen molar-refractivity contribution in [3.63, 3.8) is 0 Å². The van der Waals surface area contributed by atoms with Crippen LogP contribution in [0.3, 0.4) is 0 Å². The molecule has 0 spiro atoms. The van der Waals surface area contributed by atoms with Crippen LogP contribution in [-0.2, 0) is 9.16 Å². The Kier molecular flexibility index (Phi) is 4.26. The van der Waals surface area contributed by atoms with Crippen molar-refractivity contribution in [2.75, 3.05) is 6.61 Å². The van der Waals surface area contributed by atoms with E-state index in [4.69, 9.17) is 20.8 Å². The Hall–Kier alpha value is 0.427. The van der Waals surface area contributed by atoms with Gasteiger partial charge in [-0.1, -0.05) is 32.4 Å². The number of halogens is 1. The van der Waals surface area contributed by atoms with E-state index in [1.54, 1.807) is 0 Å². The fourth-order valence-electron chi connectivity index (χ4n) is 1.30. The number of hydrogen-bond donors (Lipinski definition) is 0. The van der Waals surface area contributed by atoms with Gasteiger partial charge < -0.3 is 9.16 Å². The largest absolute Gasteiger partial charge is 0.414 e. The van der Waals surface area contributed by atoms with E-state index in [2.05, 4.69) is 33.9 Å². The van der Waals surface area contributed by atoms with Gasteiger partial charge in [-0.3, -0.25) is 0 Å². The van der Waals surface area contributed by atoms with E-state index in [1.165, 1.54) is 0 Å². The summed E-state index contributed by atoms with van der Waals surface area (Å²) < 4.78 is 11.6. The van der Waals surface area contributed by atoms with E-state index in [0.717, 1.165) is 12.8 Å². The third-order valence-electron chi connectivity index (χ3n) is 3.49. The van der Waals surface area contributed by atoms with Crippen LogP contribution in [-0.4, -0.2) is 26.6 Å². The molecule has 0 radical (unpaired) electrons. The molecule has 0 aromatic heterocycles. The lowest BCUT2D eigenvalue weighted by molar-refractivity contribution is 0.0471. The van der Waals surface area contributed by atoms with Gasteiger partial charge in [0.25, 0.3) is 0 Å². The van der Waals surface area contributed by atoms with E-state index in [-0.39, 0.29) is 16.7 Å². The molecule has 1 saturated heterocycles. The summed E-state index contributed by atoms with van der Waals surface area (Å²) in [7, 11) is -1.62. The van der Waals surface area contributed by atoms with Gasteiger partial charge in [-0.15, -0.1) is 0 Å². The summed E-state index contributed by atoms with van der Waals surface area (Å²) in [4.78, 5) is 0. The van der Waals surface area contributed by atoms with Gasteiger partial charge in [0.1, 0.15) is 5.56 Å². The standard InChI is InChI=1S/C11H23ClO2Si/c1-11(2,3)15(4,5)13-8-9-6-7-10(12)14-9/h9-10H,6-8H2,1-5H3/t9-,10?/m0/s1. The average Bonchev–Trinajstić information content (AvgIpc) is 2.46. The van der Waals surface area contributed by atoms with Crippen LogP contribution in [0, 0.1) is 0 Å². The first kappa shape index (κ1) is 13.5. The third kappa shape index (κ3) is 3.73. The van der Waals surface area contributed by atoms with Crippen LogP contribution in [0.2, 0.25) is 18.1 Å². The van der Waals surface area contributed by atoms with Crippen LogP contribution in [0.4, 0.5) is 0 Å². The number of alkyl halides is 1. The second-order valence-corrected chi connectivity index (χ2v) is 11.1. The molecule has 0 amide bonds. The van der Waals surface area contributed by atoms with E-state index in [9.17, 15) is 0 Å². The van der Waals surface area contributed by atoms with E-state index >= 15 is 0 Å². The molecule has 2 atom stereocenters. The molecular formula is C11H23ClO2Si. The van der Waals surface area contributed by atoms with Crippen LogP contribution < -0.4 is 0 Å². The third-order valence-corrected chi connectivity index (χ3v) is 8.31. The molecule has 15 heavy (non-hydrogen) atoms. The lowest BCUT2D eigenvalue weighted by Gasteiger charge is -2.36. The van der Waals surface area contributed by atoms with E-state index < -0.39 is 8.32 Å². The van der Waals surface area contributed by atoms with Crippen molar-refractivity contribution in [2.24, 2.45) is 0 Å². The smallest absolute Gasteiger partial charge is 0.192 e. The Bertz CT molecular complexity index is 213. The molecule has 1 aliphatic heterocycles. The molecule has 1 fully saturated rings. The van der Waals surface area contributed by atoms with Gasteiger partial charge >= 0.3 is 0 Å². The summed E-state index contributed by atoms with van der Waals surface area (Å²) in [5.74, 6) is 0. The van der Waals surface area contributed by atoms with Gasteiger partial charge in [0.2, 0.25) is 0 Å². The van der Waals surface area contributed by atoms with Crippen molar-refractivity contribution < 1.29 is 9.16 Å². The molecule has 0 N–H and O–H groups in total. The minimum absolute atomic E-state index is 0.0991. The predicted molar refractivity (Wildman–Crippen MR) is 66.9 cm³/mol. The Morgan fingerprint density at radius 2 is 1.93 bits per heavy atom. The van der Waals surface area contributed by atoms with Crippen LogP contribution in [0.1, 0.15) is 33.6 Å². The Balaban J connectivity index is 2.36. The van der Waals surface area contributed by atoms with Gasteiger partial charge in [0.15, 0.2) is 8.32 Å². The van der Waals surface area contributed by atoms with Crippen LogP contribution in [0.5, 0.6) is 0 Å². The van der Waals surface area contributed by atoms with Gasteiger partial charge in [-0.05, 0) is 31.0 Å². The first-order valence-corrected chi connectivity index (χ1v) is 9.00. The lowest BCUT2D eigenvalue weighted by Crippen LogP contribution is -2.42. The highest BCUT2D eigenvalue weighted by molar-refractivity contribution is 6.74. The molecule has 90 valence electrons. The first-order valence-electron chi connectivity index (χ1n) is 5.66. The highest BCUT2D eigenvalue weighted by atomic mass is 35.5. The molecule has 0 aromatic carbocycles. The monoisotopic (exact) mass is 250 g/mol. The van der Waals surface area contributed by atoms with Crippen LogP contribution >= 0.6 is 11.6 Å². The van der Waals surface area contributed by atoms with Crippen molar-refractivity contribution in [1.82, 2.24) is 0 Å². The quantitative estimate of drug-likeness (QED) is 0.561. The Morgan fingerprint density at radius 1 is 1.33 bits per heavy atom. The van der Waals surface area contributed by atoms with Gasteiger partial charge in [-0.2, -0.15) is 0 Å². The minimum atomic E-state index is -1.62. The normalized spacial score (nSPS) is 28.4. The van der Waals surface area contributed by atoms with Gasteiger partial charge in [0.05, 0.1) is 12.7 Å². The molecule has 2 nitrogen and oxygen atoms in total. The fraction of sp³-hybridized carbons (Fsp3) is 1.00. The SMILES string of the molecule is CC(C)(C)[Si](C)(C)OC[C@@H]1CCC(Cl)O1. The highest BCUT2D eigenvalue weighted by Gasteiger charge is 2.38. The first-order chi connectivity index (χ1) is 6.72. The molecule has 4 heteroatoms. The maximum absolute atomic E-state index is 6.08. The summed E-state index contributed by atoms with van der Waals surface area (Å²) >= 11 is 5.88. The molecule has 0 aromatic rings. The van der Waals surface area contributed by atoms with Crippen molar-refractivity contribution in [3.05, 3.63) is 0 Å². The lowest BCUT2D eigenvalue weighted by atomic mass is 10.2. The van der Waals surface area contributed by atoms with E-state index in [1.807, 2.05) is 0 Å². The summed E-state index contributed by atoms with van der Waals surface area (Å²) in [5.41, 5.74) is -0.0991. The molecule has 1 unspecified atom stereocenters. The summed E-state index contributed by atoms with van der Waals surface area (Å²) in [6.45, 7) is 12.0. The zero-order chi connectivity index (χ0) is 11.7. The Morgan fingerprint density at radius 3 is 2.33 bits per heavy atom. The van der Waals surface area contributed by atoms with Crippen LogP contribution in [0.15, 0.2) is 0 Å². The average molecular weight is 251 g/mol. The van der Waals surface area contributed by atoms with Gasteiger partial charge in [0, 0.05) is 0 Å². The van der Waals surface area contributed by atoms with Gasteiger partial charge in [-0.25, -0.2) is 0 Å². The topological polar surface area (TPSA) is 18.5 Å². The predicted octanol–water partition coefficient (Wildman–Crippen LogP) is 3.75. The molecule has 0 bridgehead atoms. The molecule has 1 rings (SSSR count). The molecule has 0 saturated carbocycles. The molecule has 0 aliphatic carbocycles. The maximum atomic E-state index is 6.08.